The average molecular weight is 234 g/mol. The average Bonchev–Trinajstić information content (AvgIpc) is 2.25. The smallest absolute Gasteiger partial charge is 0.133 e. The van der Waals surface area contributed by atoms with Crippen LogP contribution in [0.5, 0.6) is 0 Å². The van der Waals surface area contributed by atoms with Gasteiger partial charge < -0.3 is 0 Å². The van der Waals surface area contributed by atoms with Gasteiger partial charge in [-0.1, -0.05) is 18.2 Å². The summed E-state index contributed by atoms with van der Waals surface area (Å²) in [6, 6.07) is 6.04. The minimum absolute atomic E-state index is 0.694. The van der Waals surface area contributed by atoms with Crippen LogP contribution in [-0.2, 0) is 11.5 Å². The number of aryl methyl sites for hydroxylation is 1. The summed E-state index contributed by atoms with van der Waals surface area (Å²) in [5.74, 6) is 1.39. The summed E-state index contributed by atoms with van der Waals surface area (Å²) in [4.78, 5) is 0. The molecule has 0 saturated heterocycles. The first-order valence-corrected chi connectivity index (χ1v) is 6.36. The predicted octanol–water partition coefficient (Wildman–Crippen LogP) is 3.42. The van der Waals surface area contributed by atoms with E-state index in [0.717, 1.165) is 5.56 Å². The monoisotopic (exact) mass is 234 g/mol. The van der Waals surface area contributed by atoms with Crippen LogP contribution in [0.2, 0.25) is 0 Å². The molecule has 2 nitrogen and oxygen atoms in total. The van der Waals surface area contributed by atoms with Gasteiger partial charge in [-0.2, -0.15) is 10.5 Å². The van der Waals surface area contributed by atoms with Crippen molar-refractivity contribution in [1.82, 2.24) is 0 Å². The van der Waals surface area contributed by atoms with E-state index in [1.807, 2.05) is 25.1 Å². The Labute approximate surface area is 98.3 Å². The Morgan fingerprint density at radius 2 is 1.80 bits per heavy atom. The summed E-state index contributed by atoms with van der Waals surface area (Å²) >= 11 is 2.47. The fourth-order valence-electron chi connectivity index (χ4n) is 1.32. The van der Waals surface area contributed by atoms with E-state index in [-0.39, 0.29) is 0 Å². The molecular formula is C11H10N2S2. The van der Waals surface area contributed by atoms with Crippen LogP contribution in [0.3, 0.4) is 0 Å². The zero-order valence-corrected chi connectivity index (χ0v) is 9.99. The Kier molecular flexibility index (Phi) is 5.10. The Morgan fingerprint density at radius 1 is 1.13 bits per heavy atom. The highest BCUT2D eigenvalue weighted by atomic mass is 32.2. The van der Waals surface area contributed by atoms with Crippen molar-refractivity contribution in [2.45, 2.75) is 18.4 Å². The first kappa shape index (κ1) is 12.0. The van der Waals surface area contributed by atoms with Gasteiger partial charge in [-0.25, -0.2) is 0 Å². The molecule has 0 spiro atoms. The van der Waals surface area contributed by atoms with E-state index in [9.17, 15) is 0 Å². The summed E-state index contributed by atoms with van der Waals surface area (Å²) in [6.45, 7) is 2.04. The fourth-order valence-corrected chi connectivity index (χ4v) is 2.43. The normalized spacial score (nSPS) is 9.27. The van der Waals surface area contributed by atoms with Crippen LogP contribution in [0.1, 0.15) is 16.7 Å². The molecule has 1 rings (SSSR count). The molecule has 0 aliphatic carbocycles. The number of thiocyanates is 2. The lowest BCUT2D eigenvalue weighted by molar-refractivity contribution is 1.23. The molecule has 76 valence electrons. The lowest BCUT2D eigenvalue weighted by atomic mass is 10.1. The van der Waals surface area contributed by atoms with Gasteiger partial charge in [-0.3, -0.25) is 0 Å². The zero-order chi connectivity index (χ0) is 11.1. The van der Waals surface area contributed by atoms with Crippen molar-refractivity contribution in [2.24, 2.45) is 0 Å². The van der Waals surface area contributed by atoms with E-state index in [4.69, 9.17) is 10.5 Å². The number of nitriles is 2. The van der Waals surface area contributed by atoms with Crippen LogP contribution >= 0.6 is 23.5 Å². The molecule has 0 aromatic heterocycles. The molecule has 0 aliphatic heterocycles. The summed E-state index contributed by atoms with van der Waals surface area (Å²) in [7, 11) is 0. The maximum absolute atomic E-state index is 8.54. The third kappa shape index (κ3) is 3.51. The number of rotatable bonds is 4. The molecule has 1 aromatic rings. The number of nitrogens with zero attached hydrogens (tertiary/aromatic N) is 2. The zero-order valence-electron chi connectivity index (χ0n) is 8.36. The van der Waals surface area contributed by atoms with Crippen molar-refractivity contribution in [1.29, 1.82) is 10.5 Å². The fraction of sp³-hybridized carbons (Fsp3) is 0.273. The molecule has 0 saturated carbocycles. The number of hydrogen-bond donors (Lipinski definition) is 0. The van der Waals surface area contributed by atoms with Gasteiger partial charge in [0.25, 0.3) is 0 Å². The van der Waals surface area contributed by atoms with Gasteiger partial charge in [0, 0.05) is 11.5 Å². The number of hydrogen-bond acceptors (Lipinski definition) is 4. The van der Waals surface area contributed by atoms with Gasteiger partial charge in [0.2, 0.25) is 0 Å². The molecule has 1 aromatic carbocycles. The molecule has 0 atom stereocenters. The Morgan fingerprint density at radius 3 is 2.47 bits per heavy atom. The summed E-state index contributed by atoms with van der Waals surface area (Å²) in [5, 5.41) is 21.2. The standard InChI is InChI=1S/C11H10N2S2/c1-9-3-2-4-10(5-14-7-12)11(9)6-15-8-13/h2-4H,5-6H2,1H3. The molecule has 0 heterocycles. The summed E-state index contributed by atoms with van der Waals surface area (Å²) in [6.07, 6.45) is 0. The van der Waals surface area contributed by atoms with Crippen molar-refractivity contribution in [3.63, 3.8) is 0 Å². The first-order valence-electron chi connectivity index (χ1n) is 4.38. The van der Waals surface area contributed by atoms with Crippen molar-refractivity contribution in [3.8, 4) is 10.8 Å². The summed E-state index contributed by atoms with van der Waals surface area (Å²) in [5.41, 5.74) is 3.53. The molecular weight excluding hydrogens is 224 g/mol. The van der Waals surface area contributed by atoms with Gasteiger partial charge in [-0.15, -0.1) is 0 Å². The van der Waals surface area contributed by atoms with Crippen LogP contribution in [0.15, 0.2) is 18.2 Å². The first-order chi connectivity index (χ1) is 7.29. The second-order valence-corrected chi connectivity index (χ2v) is 4.49. The van der Waals surface area contributed by atoms with Crippen LogP contribution in [0.4, 0.5) is 0 Å². The lowest BCUT2D eigenvalue weighted by Crippen LogP contribution is -1.93. The molecule has 0 unspecified atom stereocenters. The van der Waals surface area contributed by atoms with E-state index < -0.39 is 0 Å². The molecule has 0 radical (unpaired) electrons. The highest BCUT2D eigenvalue weighted by molar-refractivity contribution is 8.03. The van der Waals surface area contributed by atoms with Crippen LogP contribution in [-0.4, -0.2) is 0 Å². The molecule has 15 heavy (non-hydrogen) atoms. The van der Waals surface area contributed by atoms with E-state index in [1.165, 1.54) is 34.7 Å². The Bertz CT molecular complexity index is 416. The third-order valence-corrected chi connectivity index (χ3v) is 3.23. The van der Waals surface area contributed by atoms with E-state index in [1.54, 1.807) is 0 Å². The van der Waals surface area contributed by atoms with Crippen molar-refractivity contribution >= 4 is 23.5 Å². The van der Waals surface area contributed by atoms with Gasteiger partial charge in [0.05, 0.1) is 0 Å². The molecule has 4 heteroatoms. The Balaban J connectivity index is 2.89. The second-order valence-electron chi connectivity index (χ2n) is 2.97. The van der Waals surface area contributed by atoms with E-state index in [0.29, 0.717) is 11.5 Å². The molecule has 0 fully saturated rings. The minimum atomic E-state index is 0.694. The Hall–Kier alpha value is -1.10. The lowest BCUT2D eigenvalue weighted by Gasteiger charge is -2.08. The van der Waals surface area contributed by atoms with Gasteiger partial charge in [-0.05, 0) is 47.1 Å². The number of thioether (sulfide) groups is 2. The SMILES string of the molecule is Cc1cccc(CSC#N)c1CSC#N. The van der Waals surface area contributed by atoms with Crippen molar-refractivity contribution in [3.05, 3.63) is 34.9 Å². The van der Waals surface area contributed by atoms with Gasteiger partial charge in [0.1, 0.15) is 10.8 Å². The largest absolute Gasteiger partial charge is 0.185 e. The summed E-state index contributed by atoms with van der Waals surface area (Å²) < 4.78 is 0. The van der Waals surface area contributed by atoms with E-state index in [2.05, 4.69) is 10.8 Å². The maximum Gasteiger partial charge on any atom is 0.133 e. The third-order valence-electron chi connectivity index (χ3n) is 2.08. The van der Waals surface area contributed by atoms with Crippen LogP contribution < -0.4 is 0 Å². The molecule has 0 bridgehead atoms. The highest BCUT2D eigenvalue weighted by Gasteiger charge is 2.05. The highest BCUT2D eigenvalue weighted by Crippen LogP contribution is 2.23. The van der Waals surface area contributed by atoms with Crippen LogP contribution in [0, 0.1) is 28.3 Å². The molecule has 0 aliphatic rings. The van der Waals surface area contributed by atoms with E-state index >= 15 is 0 Å². The predicted molar refractivity (Wildman–Crippen MR) is 65.0 cm³/mol. The topological polar surface area (TPSA) is 47.6 Å². The van der Waals surface area contributed by atoms with Crippen molar-refractivity contribution in [2.75, 3.05) is 0 Å². The van der Waals surface area contributed by atoms with Gasteiger partial charge in [0.15, 0.2) is 0 Å². The second kappa shape index (κ2) is 6.40. The number of benzene rings is 1. The minimum Gasteiger partial charge on any atom is -0.185 e. The quantitative estimate of drug-likeness (QED) is 0.749. The van der Waals surface area contributed by atoms with Crippen LogP contribution in [0.25, 0.3) is 0 Å². The maximum atomic E-state index is 8.54. The van der Waals surface area contributed by atoms with Crippen molar-refractivity contribution < 1.29 is 0 Å². The molecule has 0 amide bonds. The van der Waals surface area contributed by atoms with Gasteiger partial charge >= 0.3 is 0 Å². The molecule has 0 N–H and O–H groups in total.